The molecule has 0 unspecified atom stereocenters. The van der Waals surface area contributed by atoms with Gasteiger partial charge in [-0.25, -0.2) is 4.98 Å². The summed E-state index contributed by atoms with van der Waals surface area (Å²) in [7, 11) is 2.00. The fourth-order valence-electron chi connectivity index (χ4n) is 1.75. The average Bonchev–Trinajstić information content (AvgIpc) is 2.39. The van der Waals surface area contributed by atoms with Crippen molar-refractivity contribution < 1.29 is 0 Å². The maximum Gasteiger partial charge on any atom is 0.128 e. The van der Waals surface area contributed by atoms with Crippen LogP contribution < -0.4 is 10.6 Å². The lowest BCUT2D eigenvalue weighted by atomic mass is 10.2. The van der Waals surface area contributed by atoms with Crippen molar-refractivity contribution in [3.05, 3.63) is 58.2 Å². The average molecular weight is 336 g/mol. The molecule has 1 heterocycles. The first-order valence-electron chi connectivity index (χ1n) is 5.77. The number of aromatic nitrogens is 1. The van der Waals surface area contributed by atoms with Gasteiger partial charge in [0.05, 0.1) is 0 Å². The summed E-state index contributed by atoms with van der Waals surface area (Å²) in [5.41, 5.74) is 7.56. The Bertz CT molecular complexity index is 583. The van der Waals surface area contributed by atoms with Crippen molar-refractivity contribution in [1.29, 1.82) is 0 Å². The molecule has 0 saturated heterocycles. The number of hydrogen-bond donors (Lipinski definition) is 1. The Kier molecular flexibility index (Phi) is 4.50. The van der Waals surface area contributed by atoms with Gasteiger partial charge < -0.3 is 10.6 Å². The van der Waals surface area contributed by atoms with Gasteiger partial charge in [0.25, 0.3) is 0 Å². The van der Waals surface area contributed by atoms with Crippen LogP contribution in [0.3, 0.4) is 0 Å². The predicted octanol–water partition coefficient (Wildman–Crippen LogP) is 3.11. The van der Waals surface area contributed by atoms with E-state index in [9.17, 15) is 0 Å². The molecule has 19 heavy (non-hydrogen) atoms. The van der Waals surface area contributed by atoms with Crippen LogP contribution >= 0.6 is 28.1 Å². The summed E-state index contributed by atoms with van der Waals surface area (Å²) in [6.45, 7) is 0.791. The van der Waals surface area contributed by atoms with Crippen molar-refractivity contribution >= 4 is 39.0 Å². The molecule has 2 aromatic rings. The van der Waals surface area contributed by atoms with Crippen LogP contribution in [-0.4, -0.2) is 17.0 Å². The Hall–Kier alpha value is -1.46. The summed E-state index contributed by atoms with van der Waals surface area (Å²) in [6.07, 6.45) is 1.70. The van der Waals surface area contributed by atoms with Crippen molar-refractivity contribution in [2.75, 3.05) is 11.9 Å². The highest BCUT2D eigenvalue weighted by molar-refractivity contribution is 9.10. The van der Waals surface area contributed by atoms with Gasteiger partial charge in [0.1, 0.15) is 10.8 Å². The van der Waals surface area contributed by atoms with E-state index in [2.05, 4.69) is 37.9 Å². The van der Waals surface area contributed by atoms with Crippen molar-refractivity contribution in [2.24, 2.45) is 5.73 Å². The minimum atomic E-state index is 0.369. The topological polar surface area (TPSA) is 42.1 Å². The Morgan fingerprint density at radius 3 is 2.74 bits per heavy atom. The van der Waals surface area contributed by atoms with Crippen molar-refractivity contribution in [3.63, 3.8) is 0 Å². The van der Waals surface area contributed by atoms with Crippen LogP contribution in [0.25, 0.3) is 0 Å². The van der Waals surface area contributed by atoms with Crippen molar-refractivity contribution in [1.82, 2.24) is 4.98 Å². The van der Waals surface area contributed by atoms with Crippen molar-refractivity contribution in [3.8, 4) is 0 Å². The van der Waals surface area contributed by atoms with Gasteiger partial charge in [-0.1, -0.05) is 40.3 Å². The highest BCUT2D eigenvalue weighted by Gasteiger charge is 2.05. The van der Waals surface area contributed by atoms with Crippen LogP contribution in [-0.2, 0) is 6.54 Å². The molecule has 3 nitrogen and oxygen atoms in total. The Balaban J connectivity index is 2.11. The third-order valence-corrected chi connectivity index (χ3v) is 3.46. The maximum atomic E-state index is 5.55. The molecule has 0 aliphatic carbocycles. The summed E-state index contributed by atoms with van der Waals surface area (Å²) in [4.78, 5) is 6.81. The summed E-state index contributed by atoms with van der Waals surface area (Å²) >= 11 is 8.38. The van der Waals surface area contributed by atoms with Crippen LogP contribution in [0.4, 0.5) is 5.82 Å². The Labute approximate surface area is 126 Å². The number of benzene rings is 1. The largest absolute Gasteiger partial charge is 0.389 e. The molecule has 0 saturated carbocycles. The molecule has 5 heteroatoms. The summed E-state index contributed by atoms with van der Waals surface area (Å²) < 4.78 is 1.08. The van der Waals surface area contributed by atoms with Gasteiger partial charge in [-0.05, 0) is 29.8 Å². The van der Waals surface area contributed by atoms with E-state index >= 15 is 0 Å². The first-order valence-corrected chi connectivity index (χ1v) is 6.98. The van der Waals surface area contributed by atoms with Gasteiger partial charge in [0, 0.05) is 29.8 Å². The SMILES string of the molecule is CN(Cc1cccc(Br)c1)c1ccc(C(N)=S)cn1. The zero-order valence-electron chi connectivity index (χ0n) is 10.5. The molecule has 0 spiro atoms. The maximum absolute atomic E-state index is 5.55. The lowest BCUT2D eigenvalue weighted by Crippen LogP contribution is -2.18. The number of anilines is 1. The minimum Gasteiger partial charge on any atom is -0.389 e. The Morgan fingerprint density at radius 2 is 2.16 bits per heavy atom. The molecular formula is C14H14BrN3S. The van der Waals surface area contributed by atoms with Crippen LogP contribution in [0, 0.1) is 0 Å². The van der Waals surface area contributed by atoms with Crippen LogP contribution in [0.1, 0.15) is 11.1 Å². The highest BCUT2D eigenvalue weighted by atomic mass is 79.9. The van der Waals surface area contributed by atoms with E-state index in [1.807, 2.05) is 31.3 Å². The number of nitrogens with zero attached hydrogens (tertiary/aromatic N) is 2. The van der Waals surface area contributed by atoms with Gasteiger partial charge in [0.2, 0.25) is 0 Å². The molecule has 0 radical (unpaired) electrons. The lowest BCUT2D eigenvalue weighted by Gasteiger charge is -2.18. The van der Waals surface area contributed by atoms with E-state index in [0.717, 1.165) is 22.4 Å². The summed E-state index contributed by atoms with van der Waals surface area (Å²) in [5.74, 6) is 0.889. The third-order valence-electron chi connectivity index (χ3n) is 2.73. The van der Waals surface area contributed by atoms with Crippen LogP contribution in [0.15, 0.2) is 47.1 Å². The summed E-state index contributed by atoms with van der Waals surface area (Å²) in [6, 6.07) is 12.0. The van der Waals surface area contributed by atoms with E-state index in [0.29, 0.717) is 4.99 Å². The highest BCUT2D eigenvalue weighted by Crippen LogP contribution is 2.16. The van der Waals surface area contributed by atoms with Gasteiger partial charge in [-0.2, -0.15) is 0 Å². The first kappa shape index (κ1) is 14.0. The fourth-order valence-corrected chi connectivity index (χ4v) is 2.32. The number of halogens is 1. The second kappa shape index (κ2) is 6.12. The number of nitrogens with two attached hydrogens (primary N) is 1. The van der Waals surface area contributed by atoms with E-state index in [1.165, 1.54) is 5.56 Å². The molecule has 0 amide bonds. The number of pyridine rings is 1. The fraction of sp³-hybridized carbons (Fsp3) is 0.143. The van der Waals surface area contributed by atoms with Gasteiger partial charge in [-0.15, -0.1) is 0 Å². The molecule has 0 fully saturated rings. The molecule has 0 atom stereocenters. The van der Waals surface area contributed by atoms with E-state index in [-0.39, 0.29) is 0 Å². The second-order valence-corrected chi connectivity index (χ2v) is 5.61. The smallest absolute Gasteiger partial charge is 0.128 e. The molecule has 0 aliphatic heterocycles. The predicted molar refractivity (Wildman–Crippen MR) is 86.4 cm³/mol. The Morgan fingerprint density at radius 1 is 1.37 bits per heavy atom. The third kappa shape index (κ3) is 3.75. The monoisotopic (exact) mass is 335 g/mol. The zero-order chi connectivity index (χ0) is 13.8. The number of rotatable bonds is 4. The van der Waals surface area contributed by atoms with E-state index < -0.39 is 0 Å². The normalized spacial score (nSPS) is 10.2. The van der Waals surface area contributed by atoms with E-state index in [1.54, 1.807) is 6.20 Å². The van der Waals surface area contributed by atoms with Gasteiger partial charge >= 0.3 is 0 Å². The molecule has 0 bridgehead atoms. The molecule has 0 aliphatic rings. The van der Waals surface area contributed by atoms with Crippen molar-refractivity contribution in [2.45, 2.75) is 6.54 Å². The van der Waals surface area contributed by atoms with Gasteiger partial charge in [-0.3, -0.25) is 0 Å². The number of hydrogen-bond acceptors (Lipinski definition) is 3. The molecule has 98 valence electrons. The molecule has 2 rings (SSSR count). The lowest BCUT2D eigenvalue weighted by molar-refractivity contribution is 0.897. The first-order chi connectivity index (χ1) is 9.06. The molecule has 2 N–H and O–H groups in total. The standard InChI is InChI=1S/C14H14BrN3S/c1-18(9-10-3-2-4-12(15)7-10)13-6-5-11(8-17-13)14(16)19/h2-8H,9H2,1H3,(H2,16,19). The zero-order valence-corrected chi connectivity index (χ0v) is 12.9. The van der Waals surface area contributed by atoms with E-state index in [4.69, 9.17) is 18.0 Å². The van der Waals surface area contributed by atoms with Crippen LogP contribution in [0.2, 0.25) is 0 Å². The van der Waals surface area contributed by atoms with Crippen LogP contribution in [0.5, 0.6) is 0 Å². The minimum absolute atomic E-state index is 0.369. The molecular weight excluding hydrogens is 322 g/mol. The quantitative estimate of drug-likeness (QED) is 0.871. The molecule has 1 aromatic heterocycles. The second-order valence-electron chi connectivity index (χ2n) is 4.26. The van der Waals surface area contributed by atoms with Gasteiger partial charge in [0.15, 0.2) is 0 Å². The molecule has 1 aromatic carbocycles. The number of thiocarbonyl (C=S) groups is 1. The summed E-state index contributed by atoms with van der Waals surface area (Å²) in [5, 5.41) is 0.